The van der Waals surface area contributed by atoms with E-state index in [0.29, 0.717) is 25.8 Å². The second-order valence-electron chi connectivity index (χ2n) is 10.8. The summed E-state index contributed by atoms with van der Waals surface area (Å²) in [7, 11) is 0. The molecule has 1 fully saturated rings. The number of morpholine rings is 1. The van der Waals surface area contributed by atoms with Crippen molar-refractivity contribution in [1.29, 1.82) is 0 Å². The van der Waals surface area contributed by atoms with Crippen molar-refractivity contribution in [3.8, 4) is 0 Å². The molecule has 6 rings (SSSR count). The fourth-order valence-electron chi connectivity index (χ4n) is 6.68. The summed E-state index contributed by atoms with van der Waals surface area (Å²) in [6.45, 7) is 4.57. The van der Waals surface area contributed by atoms with Gasteiger partial charge in [0.2, 0.25) is 5.91 Å². The lowest BCUT2D eigenvalue weighted by Gasteiger charge is -2.44. The smallest absolute Gasteiger partial charge is 0.227 e. The van der Waals surface area contributed by atoms with Crippen LogP contribution in [0, 0.1) is 0 Å². The molecule has 1 amide bonds. The van der Waals surface area contributed by atoms with Crippen LogP contribution in [0.5, 0.6) is 0 Å². The third kappa shape index (κ3) is 4.48. The summed E-state index contributed by atoms with van der Waals surface area (Å²) < 4.78 is 5.50. The maximum atomic E-state index is 13.7. The molecule has 0 spiro atoms. The topological polar surface area (TPSA) is 114 Å². The summed E-state index contributed by atoms with van der Waals surface area (Å²) in [4.78, 5) is 18.0. The number of aromatic amines is 1. The Morgan fingerprint density at radius 1 is 1.11 bits per heavy atom. The molecule has 0 radical (unpaired) electrons. The highest BCUT2D eigenvalue weighted by atomic mass is 16.5. The molecule has 1 aliphatic carbocycles. The molecule has 4 aliphatic rings. The van der Waals surface area contributed by atoms with Gasteiger partial charge in [0, 0.05) is 68.2 Å². The third-order valence-electron chi connectivity index (χ3n) is 8.69. The van der Waals surface area contributed by atoms with Gasteiger partial charge in [-0.15, -0.1) is 0 Å². The molecule has 1 saturated heterocycles. The number of ether oxygens (including phenoxy) is 1. The Balaban J connectivity index is 1.42. The second-order valence-corrected chi connectivity index (χ2v) is 10.8. The van der Waals surface area contributed by atoms with E-state index >= 15 is 0 Å². The number of aliphatic hydroxyl groups excluding tert-OH is 2. The molecule has 1 atom stereocenters. The zero-order valence-electron chi connectivity index (χ0n) is 21.3. The Morgan fingerprint density at radius 2 is 1.92 bits per heavy atom. The van der Waals surface area contributed by atoms with Gasteiger partial charge in [0.25, 0.3) is 0 Å². The number of nitrogens with zero attached hydrogens (tertiary/aromatic N) is 3. The van der Waals surface area contributed by atoms with Crippen LogP contribution in [-0.2, 0) is 21.4 Å². The number of aromatic nitrogens is 2. The molecule has 4 N–H and O–H groups in total. The first kappa shape index (κ1) is 24.6. The number of fused-ring (bicyclic) bond motifs is 6. The summed E-state index contributed by atoms with van der Waals surface area (Å²) in [5.74, 6) is 0.0676. The van der Waals surface area contributed by atoms with Crippen molar-refractivity contribution in [2.45, 2.75) is 50.0 Å². The fourth-order valence-corrected chi connectivity index (χ4v) is 6.68. The average Bonchev–Trinajstić information content (AvgIpc) is 3.36. The van der Waals surface area contributed by atoms with Gasteiger partial charge in [-0.2, -0.15) is 5.10 Å². The molecule has 9 heteroatoms. The van der Waals surface area contributed by atoms with Crippen LogP contribution in [-0.4, -0.2) is 83.8 Å². The molecule has 198 valence electrons. The second kappa shape index (κ2) is 10.2. The van der Waals surface area contributed by atoms with E-state index in [-0.39, 0.29) is 25.2 Å². The molecular weight excluding hydrogens is 470 g/mol. The van der Waals surface area contributed by atoms with Crippen LogP contribution in [0.25, 0.3) is 5.57 Å². The lowest BCUT2D eigenvalue weighted by molar-refractivity contribution is -0.120. The van der Waals surface area contributed by atoms with Gasteiger partial charge in [-0.25, -0.2) is 0 Å². The Bertz CT molecular complexity index is 1180. The first-order valence-corrected chi connectivity index (χ1v) is 13.6. The van der Waals surface area contributed by atoms with Crippen molar-refractivity contribution in [3.63, 3.8) is 0 Å². The van der Waals surface area contributed by atoms with Crippen molar-refractivity contribution in [2.75, 3.05) is 62.8 Å². The molecule has 0 saturated carbocycles. The van der Waals surface area contributed by atoms with Crippen LogP contribution in [0.2, 0.25) is 0 Å². The van der Waals surface area contributed by atoms with Crippen LogP contribution in [0.15, 0.2) is 24.4 Å². The summed E-state index contributed by atoms with van der Waals surface area (Å²) in [5, 5.41) is 31.3. The SMILES string of the molecule is O=C1CC(CCO)(CCO)c2cc3c(cc2N1CCN1CCOCC1)C1=CC(N3)c2[nH]ncc2CCC1. The van der Waals surface area contributed by atoms with E-state index in [1.807, 2.05) is 11.1 Å². The predicted octanol–water partition coefficient (Wildman–Crippen LogP) is 2.37. The van der Waals surface area contributed by atoms with Gasteiger partial charge in [-0.1, -0.05) is 6.08 Å². The fraction of sp³-hybridized carbons (Fsp3) is 0.571. The lowest BCUT2D eigenvalue weighted by Crippen LogP contribution is -2.49. The molecule has 1 aromatic carbocycles. The quantitative estimate of drug-likeness (QED) is 0.455. The number of aliphatic hydroxyl groups is 2. The minimum atomic E-state index is -0.588. The van der Waals surface area contributed by atoms with Gasteiger partial charge in [-0.05, 0) is 60.9 Å². The van der Waals surface area contributed by atoms with E-state index < -0.39 is 5.41 Å². The number of nitrogens with one attached hydrogen (secondary N) is 2. The number of H-pyrrole nitrogens is 1. The number of aryl methyl sites for hydroxylation is 1. The number of hydrogen-bond donors (Lipinski definition) is 4. The number of allylic oxidation sites excluding steroid dienone is 1. The average molecular weight is 508 g/mol. The zero-order valence-corrected chi connectivity index (χ0v) is 21.3. The maximum absolute atomic E-state index is 13.7. The van der Waals surface area contributed by atoms with Crippen molar-refractivity contribution in [3.05, 3.63) is 46.8 Å². The number of anilines is 2. The van der Waals surface area contributed by atoms with Crippen LogP contribution in [0.1, 0.15) is 60.5 Å². The van der Waals surface area contributed by atoms with Crippen molar-refractivity contribution in [2.24, 2.45) is 0 Å². The van der Waals surface area contributed by atoms with Crippen LogP contribution in [0.4, 0.5) is 11.4 Å². The summed E-state index contributed by atoms with van der Waals surface area (Å²) >= 11 is 0. The molecule has 2 bridgehead atoms. The number of amides is 1. The Morgan fingerprint density at radius 3 is 2.70 bits per heavy atom. The minimum absolute atomic E-state index is 0.0195. The lowest BCUT2D eigenvalue weighted by atomic mass is 9.68. The third-order valence-corrected chi connectivity index (χ3v) is 8.69. The first-order valence-electron chi connectivity index (χ1n) is 13.6. The Labute approximate surface area is 217 Å². The number of carbonyl (C=O) groups is 1. The van der Waals surface area contributed by atoms with Gasteiger partial charge >= 0.3 is 0 Å². The van der Waals surface area contributed by atoms with Crippen LogP contribution >= 0.6 is 0 Å². The molecule has 37 heavy (non-hydrogen) atoms. The highest BCUT2D eigenvalue weighted by Gasteiger charge is 2.44. The first-order chi connectivity index (χ1) is 18.1. The number of benzene rings is 1. The van der Waals surface area contributed by atoms with E-state index in [9.17, 15) is 15.0 Å². The van der Waals surface area contributed by atoms with E-state index in [4.69, 9.17) is 4.74 Å². The molecular formula is C28H37N5O4. The van der Waals surface area contributed by atoms with Crippen LogP contribution < -0.4 is 10.2 Å². The van der Waals surface area contributed by atoms with E-state index in [0.717, 1.165) is 80.3 Å². The number of carbonyl (C=O) groups excluding carboxylic acids is 1. The highest BCUT2D eigenvalue weighted by Crippen LogP contribution is 2.50. The van der Waals surface area contributed by atoms with Crippen molar-refractivity contribution < 1.29 is 19.7 Å². The summed E-state index contributed by atoms with van der Waals surface area (Å²) in [5.41, 5.74) is 7.24. The number of rotatable bonds is 7. The Hall–Kier alpha value is -2.72. The van der Waals surface area contributed by atoms with Crippen molar-refractivity contribution >= 4 is 22.9 Å². The van der Waals surface area contributed by atoms with Gasteiger partial charge in [-0.3, -0.25) is 14.8 Å². The molecule has 9 nitrogen and oxygen atoms in total. The van der Waals surface area contributed by atoms with Gasteiger partial charge in [0.1, 0.15) is 0 Å². The largest absolute Gasteiger partial charge is 0.396 e. The van der Waals surface area contributed by atoms with E-state index in [1.54, 1.807) is 0 Å². The van der Waals surface area contributed by atoms with E-state index in [1.165, 1.54) is 11.1 Å². The zero-order chi connectivity index (χ0) is 25.4. The minimum Gasteiger partial charge on any atom is -0.396 e. The molecule has 1 aromatic heterocycles. The van der Waals surface area contributed by atoms with Crippen LogP contribution in [0.3, 0.4) is 0 Å². The summed E-state index contributed by atoms with van der Waals surface area (Å²) in [6.07, 6.45) is 8.40. The molecule has 4 heterocycles. The monoisotopic (exact) mass is 507 g/mol. The molecule has 3 aliphatic heterocycles. The maximum Gasteiger partial charge on any atom is 0.227 e. The predicted molar refractivity (Wildman–Crippen MR) is 142 cm³/mol. The normalized spacial score (nSPS) is 22.8. The highest BCUT2D eigenvalue weighted by molar-refractivity contribution is 6.00. The van der Waals surface area contributed by atoms with Gasteiger partial charge < -0.3 is 25.2 Å². The van der Waals surface area contributed by atoms with Gasteiger partial charge in [0.05, 0.1) is 31.1 Å². The summed E-state index contributed by atoms with van der Waals surface area (Å²) in [6, 6.07) is 4.41. The van der Waals surface area contributed by atoms with E-state index in [2.05, 4.69) is 38.6 Å². The molecule has 1 unspecified atom stereocenters. The number of hydrogen-bond acceptors (Lipinski definition) is 7. The molecule has 2 aromatic rings. The Kier molecular flexibility index (Phi) is 6.79. The van der Waals surface area contributed by atoms with Gasteiger partial charge in [0.15, 0.2) is 0 Å². The van der Waals surface area contributed by atoms with Crippen molar-refractivity contribution in [1.82, 2.24) is 15.1 Å². The standard InChI is InChI=1S/C28H37N5O4/c34-10-4-28(5-11-35)17-26(36)33(7-6-32-8-12-37-13-9-32)25-15-21-19-2-1-3-20-18-29-31-27(20)24(14-19)30-23(21)16-22(25)28/h14-16,18,24,30,34-35H,1-13,17H2,(H,29,31).